The van der Waals surface area contributed by atoms with E-state index in [-0.39, 0.29) is 23.8 Å². The van der Waals surface area contributed by atoms with Crippen LogP contribution < -0.4 is 10.6 Å². The summed E-state index contributed by atoms with van der Waals surface area (Å²) >= 11 is 0. The van der Waals surface area contributed by atoms with Gasteiger partial charge in [0.05, 0.1) is 18.1 Å². The molecule has 1 atom stereocenters. The molecule has 0 aliphatic carbocycles. The Kier molecular flexibility index (Phi) is 5.81. The van der Waals surface area contributed by atoms with Crippen molar-refractivity contribution in [2.24, 2.45) is 0 Å². The first-order valence-electron chi connectivity index (χ1n) is 9.61. The number of hydrogen-bond donors (Lipinski definition) is 2. The second-order valence-corrected chi connectivity index (χ2v) is 8.22. The van der Waals surface area contributed by atoms with Crippen LogP contribution in [0.2, 0.25) is 0 Å². The molecule has 28 heavy (non-hydrogen) atoms. The molecule has 1 aromatic heterocycles. The van der Waals surface area contributed by atoms with Crippen LogP contribution in [0.3, 0.4) is 0 Å². The number of nitrogens with zero attached hydrogens (tertiary/aromatic N) is 3. The largest absolute Gasteiger partial charge is 0.444 e. The highest BCUT2D eigenvalue weighted by atomic mass is 16.6. The molecule has 2 saturated heterocycles. The molecule has 0 radical (unpaired) electrons. The lowest BCUT2D eigenvalue weighted by Gasteiger charge is -2.33. The van der Waals surface area contributed by atoms with Gasteiger partial charge < -0.3 is 15.0 Å². The van der Waals surface area contributed by atoms with Crippen molar-refractivity contribution < 1.29 is 19.1 Å². The predicted octanol–water partition coefficient (Wildman–Crippen LogP) is 1.81. The van der Waals surface area contributed by atoms with Gasteiger partial charge in [-0.25, -0.2) is 9.78 Å². The van der Waals surface area contributed by atoms with Gasteiger partial charge in [0.15, 0.2) is 0 Å². The highest BCUT2D eigenvalue weighted by molar-refractivity contribution is 6.01. The fraction of sp³-hybridized carbons (Fsp3) is 0.632. The van der Waals surface area contributed by atoms with Crippen LogP contribution in [-0.4, -0.2) is 57.5 Å². The lowest BCUT2D eigenvalue weighted by molar-refractivity contribution is -0.133. The Hall–Kier alpha value is -2.71. The van der Waals surface area contributed by atoms with Gasteiger partial charge in [0.2, 0.25) is 11.8 Å². The van der Waals surface area contributed by atoms with Gasteiger partial charge in [0, 0.05) is 25.4 Å². The molecule has 152 valence electrons. The minimum atomic E-state index is -0.495. The first-order chi connectivity index (χ1) is 13.2. The maximum absolute atomic E-state index is 12.2. The van der Waals surface area contributed by atoms with Gasteiger partial charge in [-0.1, -0.05) is 0 Å². The molecule has 0 saturated carbocycles. The van der Waals surface area contributed by atoms with Gasteiger partial charge in [-0.3, -0.25) is 19.9 Å². The van der Waals surface area contributed by atoms with Gasteiger partial charge >= 0.3 is 6.09 Å². The van der Waals surface area contributed by atoms with E-state index in [1.165, 1.54) is 0 Å². The van der Waals surface area contributed by atoms with Crippen LogP contribution in [0.25, 0.3) is 0 Å². The van der Waals surface area contributed by atoms with Crippen molar-refractivity contribution in [3.63, 3.8) is 0 Å². The molecule has 9 heteroatoms. The van der Waals surface area contributed by atoms with Gasteiger partial charge in [-0.05, 0) is 40.0 Å². The standard InChI is InChI=1S/C19H27N5O4/c1-19(2,3)28-18(27)24-8-6-12(7-9-24)14-10-21-15(11-20-14)22-13-4-5-16(25)23-17(13)26/h10-13H,4-9H2,1-3H3,(H,21,22)(H,23,25,26). The molecule has 3 heterocycles. The fourth-order valence-electron chi connectivity index (χ4n) is 3.32. The molecule has 2 fully saturated rings. The number of ether oxygens (including phenoxy) is 1. The number of carbonyl (C=O) groups is 3. The third kappa shape index (κ3) is 5.17. The summed E-state index contributed by atoms with van der Waals surface area (Å²) in [6, 6.07) is -0.477. The predicted molar refractivity (Wildman–Crippen MR) is 102 cm³/mol. The number of carbonyl (C=O) groups excluding carboxylic acids is 3. The number of amides is 3. The van der Waals surface area contributed by atoms with E-state index in [9.17, 15) is 14.4 Å². The minimum Gasteiger partial charge on any atom is -0.444 e. The van der Waals surface area contributed by atoms with E-state index in [1.54, 1.807) is 17.3 Å². The van der Waals surface area contributed by atoms with Crippen LogP contribution in [-0.2, 0) is 14.3 Å². The van der Waals surface area contributed by atoms with Crippen LogP contribution in [0.15, 0.2) is 12.4 Å². The van der Waals surface area contributed by atoms with E-state index < -0.39 is 11.6 Å². The van der Waals surface area contributed by atoms with Gasteiger partial charge in [-0.2, -0.15) is 0 Å². The molecule has 9 nitrogen and oxygen atoms in total. The van der Waals surface area contributed by atoms with Crippen molar-refractivity contribution in [2.45, 2.75) is 64.0 Å². The molecule has 3 amide bonds. The molecule has 3 rings (SSSR count). The molecule has 2 aliphatic rings. The second kappa shape index (κ2) is 8.12. The summed E-state index contributed by atoms with van der Waals surface area (Å²) in [5.74, 6) is 0.152. The molecule has 0 spiro atoms. The Morgan fingerprint density at radius 2 is 1.89 bits per heavy atom. The van der Waals surface area contributed by atoms with Crippen molar-refractivity contribution in [1.82, 2.24) is 20.2 Å². The highest BCUT2D eigenvalue weighted by Gasteiger charge is 2.29. The second-order valence-electron chi connectivity index (χ2n) is 8.22. The summed E-state index contributed by atoms with van der Waals surface area (Å²) in [5, 5.41) is 5.33. The van der Waals surface area contributed by atoms with Crippen LogP contribution in [0, 0.1) is 0 Å². The summed E-state index contributed by atoms with van der Waals surface area (Å²) in [7, 11) is 0. The Balaban J connectivity index is 1.51. The number of likely N-dealkylation sites (tertiary alicyclic amines) is 1. The van der Waals surface area contributed by atoms with Crippen molar-refractivity contribution in [1.29, 1.82) is 0 Å². The van der Waals surface area contributed by atoms with Crippen LogP contribution in [0.5, 0.6) is 0 Å². The van der Waals surface area contributed by atoms with Crippen LogP contribution >= 0.6 is 0 Å². The summed E-state index contributed by atoms with van der Waals surface area (Å²) in [5.41, 5.74) is 0.378. The lowest BCUT2D eigenvalue weighted by Crippen LogP contribution is -2.47. The molecule has 2 aliphatic heterocycles. The van der Waals surface area contributed by atoms with Gasteiger partial charge in [0.1, 0.15) is 17.5 Å². The zero-order valence-corrected chi connectivity index (χ0v) is 16.5. The van der Waals surface area contributed by atoms with Crippen LogP contribution in [0.1, 0.15) is 58.1 Å². The van der Waals surface area contributed by atoms with Crippen molar-refractivity contribution in [3.05, 3.63) is 18.1 Å². The number of rotatable bonds is 3. The van der Waals surface area contributed by atoms with E-state index in [1.807, 2.05) is 20.8 Å². The average Bonchev–Trinajstić information content (AvgIpc) is 2.63. The molecule has 0 aromatic carbocycles. The number of nitrogens with one attached hydrogen (secondary N) is 2. The Bertz CT molecular complexity index is 736. The summed E-state index contributed by atoms with van der Waals surface area (Å²) in [6.07, 6.45) is 5.39. The quantitative estimate of drug-likeness (QED) is 0.758. The normalized spacial score (nSPS) is 21.2. The van der Waals surface area contributed by atoms with E-state index in [4.69, 9.17) is 4.74 Å². The van der Waals surface area contributed by atoms with Crippen molar-refractivity contribution in [3.8, 4) is 0 Å². The van der Waals surface area contributed by atoms with Crippen molar-refractivity contribution in [2.75, 3.05) is 18.4 Å². The minimum absolute atomic E-state index is 0.232. The van der Waals surface area contributed by atoms with Gasteiger partial charge in [-0.15, -0.1) is 0 Å². The average molecular weight is 389 g/mol. The molecular weight excluding hydrogens is 362 g/mol. The first-order valence-corrected chi connectivity index (χ1v) is 9.61. The van der Waals surface area contributed by atoms with E-state index in [0.717, 1.165) is 18.5 Å². The lowest BCUT2D eigenvalue weighted by atomic mass is 9.94. The summed E-state index contributed by atoms with van der Waals surface area (Å²) < 4.78 is 5.42. The fourth-order valence-corrected chi connectivity index (χ4v) is 3.32. The Morgan fingerprint density at radius 3 is 2.46 bits per heavy atom. The SMILES string of the molecule is CC(C)(C)OC(=O)N1CCC(c2cnc(NC3CCC(=O)NC3=O)cn2)CC1. The highest BCUT2D eigenvalue weighted by Crippen LogP contribution is 2.27. The van der Waals surface area contributed by atoms with Crippen LogP contribution in [0.4, 0.5) is 10.6 Å². The zero-order valence-electron chi connectivity index (χ0n) is 16.5. The number of hydrogen-bond acceptors (Lipinski definition) is 7. The Labute approximate surface area is 164 Å². The first kappa shape index (κ1) is 20.0. The maximum atomic E-state index is 12.2. The summed E-state index contributed by atoms with van der Waals surface area (Å²) in [6.45, 7) is 6.82. The number of aromatic nitrogens is 2. The molecule has 0 bridgehead atoms. The maximum Gasteiger partial charge on any atom is 0.410 e. The molecule has 1 aromatic rings. The van der Waals surface area contributed by atoms with E-state index in [2.05, 4.69) is 20.6 Å². The summed E-state index contributed by atoms with van der Waals surface area (Å²) in [4.78, 5) is 45.7. The van der Waals surface area contributed by atoms with Crippen molar-refractivity contribution >= 4 is 23.7 Å². The third-order valence-electron chi connectivity index (χ3n) is 4.80. The van der Waals surface area contributed by atoms with E-state index >= 15 is 0 Å². The smallest absolute Gasteiger partial charge is 0.410 e. The molecule has 1 unspecified atom stereocenters. The number of anilines is 1. The Morgan fingerprint density at radius 1 is 1.18 bits per heavy atom. The zero-order chi connectivity index (χ0) is 20.3. The third-order valence-corrected chi connectivity index (χ3v) is 4.80. The van der Waals surface area contributed by atoms with Gasteiger partial charge in [0.25, 0.3) is 0 Å². The monoisotopic (exact) mass is 389 g/mol. The number of piperidine rings is 2. The topological polar surface area (TPSA) is 114 Å². The molecular formula is C19H27N5O4. The number of imide groups is 1. The van der Waals surface area contributed by atoms with E-state index in [0.29, 0.717) is 31.7 Å². The molecule has 2 N–H and O–H groups in total.